The highest BCUT2D eigenvalue weighted by molar-refractivity contribution is 5.82. The van der Waals surface area contributed by atoms with Crippen LogP contribution in [-0.2, 0) is 6.54 Å². The zero-order valence-corrected chi connectivity index (χ0v) is 9.96. The van der Waals surface area contributed by atoms with E-state index >= 15 is 0 Å². The Labute approximate surface area is 99.4 Å². The van der Waals surface area contributed by atoms with Gasteiger partial charge >= 0.3 is 0 Å². The van der Waals surface area contributed by atoms with Crippen LogP contribution in [0.25, 0.3) is 10.9 Å². The van der Waals surface area contributed by atoms with Gasteiger partial charge in [0.15, 0.2) is 0 Å². The van der Waals surface area contributed by atoms with Gasteiger partial charge in [0.2, 0.25) is 0 Å². The number of aromatic nitrogens is 1. The summed E-state index contributed by atoms with van der Waals surface area (Å²) in [6, 6.07) is 6.89. The van der Waals surface area contributed by atoms with Gasteiger partial charge in [-0.15, -0.1) is 0 Å². The average Bonchev–Trinajstić information content (AvgIpc) is 2.68. The summed E-state index contributed by atoms with van der Waals surface area (Å²) < 4.78 is 2.11. The first kappa shape index (κ1) is 11.6. The minimum Gasteiger partial charge on any atom is -0.346 e. The molecule has 5 nitrogen and oxygen atoms in total. The van der Waals surface area contributed by atoms with Crippen molar-refractivity contribution in [2.24, 2.45) is 0 Å². The van der Waals surface area contributed by atoms with Crippen molar-refractivity contribution in [1.29, 1.82) is 0 Å². The Bertz CT molecular complexity index is 546. The van der Waals surface area contributed by atoms with Crippen LogP contribution in [0.15, 0.2) is 30.5 Å². The number of rotatable bonds is 4. The van der Waals surface area contributed by atoms with E-state index in [4.69, 9.17) is 0 Å². The molecule has 0 spiro atoms. The monoisotopic (exact) mass is 233 g/mol. The number of benzene rings is 1. The molecule has 0 aliphatic rings. The Morgan fingerprint density at radius 2 is 2.12 bits per heavy atom. The van der Waals surface area contributed by atoms with Crippen molar-refractivity contribution in [3.63, 3.8) is 0 Å². The number of nitro groups is 1. The fraction of sp³-hybridized carbons (Fsp3) is 0.333. The zero-order chi connectivity index (χ0) is 12.4. The highest BCUT2D eigenvalue weighted by Crippen LogP contribution is 2.21. The predicted octanol–water partition coefficient (Wildman–Crippen LogP) is 2.11. The number of hydrogen-bond donors (Lipinski definition) is 0. The van der Waals surface area contributed by atoms with E-state index in [-0.39, 0.29) is 10.6 Å². The van der Waals surface area contributed by atoms with Gasteiger partial charge in [-0.2, -0.15) is 0 Å². The maximum atomic E-state index is 10.7. The standard InChI is InChI=1S/C12H15N3O2/c1-13(2)7-8-14-6-5-10-9-11(15(16)17)3-4-12(10)14/h3-6,9H,7-8H2,1-2H3. The summed E-state index contributed by atoms with van der Waals surface area (Å²) in [5.74, 6) is 0. The van der Waals surface area contributed by atoms with Crippen molar-refractivity contribution in [2.45, 2.75) is 6.54 Å². The molecule has 1 heterocycles. The molecule has 0 aliphatic heterocycles. The van der Waals surface area contributed by atoms with E-state index in [9.17, 15) is 10.1 Å². The summed E-state index contributed by atoms with van der Waals surface area (Å²) >= 11 is 0. The fourth-order valence-corrected chi connectivity index (χ4v) is 1.80. The molecule has 0 unspecified atom stereocenters. The molecule has 5 heteroatoms. The number of hydrogen-bond acceptors (Lipinski definition) is 3. The molecule has 0 aliphatic carbocycles. The maximum absolute atomic E-state index is 10.7. The number of fused-ring (bicyclic) bond motifs is 1. The number of nitro benzene ring substituents is 1. The van der Waals surface area contributed by atoms with Crippen LogP contribution in [0.1, 0.15) is 0 Å². The molecular weight excluding hydrogens is 218 g/mol. The molecule has 2 rings (SSSR count). The molecule has 1 aromatic heterocycles. The highest BCUT2D eigenvalue weighted by Gasteiger charge is 2.08. The second-order valence-corrected chi connectivity index (χ2v) is 4.31. The largest absolute Gasteiger partial charge is 0.346 e. The van der Waals surface area contributed by atoms with Crippen molar-refractivity contribution in [2.75, 3.05) is 20.6 Å². The Hall–Kier alpha value is -1.88. The van der Waals surface area contributed by atoms with Crippen LogP contribution in [0, 0.1) is 10.1 Å². The second kappa shape index (κ2) is 4.55. The Morgan fingerprint density at radius 1 is 1.35 bits per heavy atom. The van der Waals surface area contributed by atoms with Gasteiger partial charge in [-0.05, 0) is 26.2 Å². The minimum atomic E-state index is -0.364. The number of non-ortho nitro benzene ring substituents is 1. The van der Waals surface area contributed by atoms with E-state index in [1.807, 2.05) is 32.4 Å². The topological polar surface area (TPSA) is 51.3 Å². The summed E-state index contributed by atoms with van der Waals surface area (Å²) in [7, 11) is 4.05. The third-order valence-corrected chi connectivity index (χ3v) is 2.75. The van der Waals surface area contributed by atoms with Gasteiger partial charge in [0.25, 0.3) is 5.69 Å². The van der Waals surface area contributed by atoms with Gasteiger partial charge in [-0.1, -0.05) is 0 Å². The molecular formula is C12H15N3O2. The van der Waals surface area contributed by atoms with Gasteiger partial charge in [0.1, 0.15) is 0 Å². The van der Waals surface area contributed by atoms with Gasteiger partial charge in [-0.3, -0.25) is 10.1 Å². The van der Waals surface area contributed by atoms with Gasteiger partial charge in [0, 0.05) is 42.3 Å². The molecule has 0 saturated carbocycles. The van der Waals surface area contributed by atoms with Crippen LogP contribution < -0.4 is 0 Å². The molecule has 0 radical (unpaired) electrons. The molecule has 0 bridgehead atoms. The van der Waals surface area contributed by atoms with Crippen LogP contribution in [0.5, 0.6) is 0 Å². The first-order chi connectivity index (χ1) is 8.08. The van der Waals surface area contributed by atoms with E-state index < -0.39 is 0 Å². The first-order valence-electron chi connectivity index (χ1n) is 5.46. The Balaban J connectivity index is 2.31. The lowest BCUT2D eigenvalue weighted by atomic mass is 10.2. The average molecular weight is 233 g/mol. The first-order valence-corrected chi connectivity index (χ1v) is 5.46. The normalized spacial score (nSPS) is 11.2. The van der Waals surface area contributed by atoms with Crippen molar-refractivity contribution in [3.8, 4) is 0 Å². The quantitative estimate of drug-likeness (QED) is 0.600. The van der Waals surface area contributed by atoms with Crippen LogP contribution in [-0.4, -0.2) is 35.0 Å². The van der Waals surface area contributed by atoms with Crippen molar-refractivity contribution >= 4 is 16.6 Å². The summed E-state index contributed by atoms with van der Waals surface area (Å²) in [5.41, 5.74) is 1.18. The van der Waals surface area contributed by atoms with Gasteiger partial charge in [-0.25, -0.2) is 0 Å². The summed E-state index contributed by atoms with van der Waals surface area (Å²) in [6.07, 6.45) is 1.97. The van der Waals surface area contributed by atoms with Crippen molar-refractivity contribution in [1.82, 2.24) is 9.47 Å². The molecule has 0 saturated heterocycles. The summed E-state index contributed by atoms with van der Waals surface area (Å²) in [4.78, 5) is 12.4. The molecule has 90 valence electrons. The van der Waals surface area contributed by atoms with Crippen molar-refractivity contribution < 1.29 is 4.92 Å². The zero-order valence-electron chi connectivity index (χ0n) is 9.96. The van der Waals surface area contributed by atoms with Crippen LogP contribution >= 0.6 is 0 Å². The van der Waals surface area contributed by atoms with E-state index in [2.05, 4.69) is 9.47 Å². The molecule has 17 heavy (non-hydrogen) atoms. The van der Waals surface area contributed by atoms with Crippen LogP contribution in [0.3, 0.4) is 0 Å². The third-order valence-electron chi connectivity index (χ3n) is 2.75. The van der Waals surface area contributed by atoms with E-state index in [1.165, 1.54) is 0 Å². The SMILES string of the molecule is CN(C)CCn1ccc2cc([N+](=O)[O-])ccc21. The minimum absolute atomic E-state index is 0.142. The Morgan fingerprint density at radius 3 is 2.76 bits per heavy atom. The lowest BCUT2D eigenvalue weighted by Crippen LogP contribution is -2.17. The smallest absolute Gasteiger partial charge is 0.270 e. The molecule has 0 atom stereocenters. The van der Waals surface area contributed by atoms with E-state index in [0.29, 0.717) is 0 Å². The molecule has 1 aromatic carbocycles. The van der Waals surface area contributed by atoms with Gasteiger partial charge in [0.05, 0.1) is 4.92 Å². The summed E-state index contributed by atoms with van der Waals surface area (Å²) in [6.45, 7) is 1.83. The third kappa shape index (κ3) is 2.45. The van der Waals surface area contributed by atoms with Gasteiger partial charge < -0.3 is 9.47 Å². The number of nitrogens with zero attached hydrogens (tertiary/aromatic N) is 3. The van der Waals surface area contributed by atoms with Crippen LogP contribution in [0.2, 0.25) is 0 Å². The lowest BCUT2D eigenvalue weighted by molar-refractivity contribution is -0.384. The fourth-order valence-electron chi connectivity index (χ4n) is 1.80. The molecule has 0 fully saturated rings. The lowest BCUT2D eigenvalue weighted by Gasteiger charge is -2.10. The molecule has 0 N–H and O–H groups in total. The molecule has 2 aromatic rings. The maximum Gasteiger partial charge on any atom is 0.270 e. The van der Waals surface area contributed by atoms with E-state index in [1.54, 1.807) is 12.1 Å². The second-order valence-electron chi connectivity index (χ2n) is 4.31. The predicted molar refractivity (Wildman–Crippen MR) is 67.1 cm³/mol. The highest BCUT2D eigenvalue weighted by atomic mass is 16.6. The van der Waals surface area contributed by atoms with Crippen molar-refractivity contribution in [3.05, 3.63) is 40.6 Å². The number of likely N-dealkylation sites (N-methyl/N-ethyl adjacent to an activating group) is 1. The van der Waals surface area contributed by atoms with Crippen LogP contribution in [0.4, 0.5) is 5.69 Å². The Kier molecular flexibility index (Phi) is 3.10. The summed E-state index contributed by atoms with van der Waals surface area (Å²) in [5, 5.41) is 11.6. The van der Waals surface area contributed by atoms with E-state index in [0.717, 1.165) is 24.0 Å². The molecule has 0 amide bonds.